The molecule has 0 spiro atoms. The lowest BCUT2D eigenvalue weighted by atomic mass is 9.98. The van der Waals surface area contributed by atoms with Gasteiger partial charge in [0, 0.05) is 19.6 Å². The number of urea groups is 1. The van der Waals surface area contributed by atoms with E-state index in [0.717, 1.165) is 23.0 Å². The lowest BCUT2D eigenvalue weighted by Crippen LogP contribution is -2.53. The van der Waals surface area contributed by atoms with Crippen LogP contribution in [0.25, 0.3) is 11.0 Å². The Labute approximate surface area is 182 Å². The molecule has 0 aliphatic carbocycles. The normalized spacial score (nSPS) is 14.9. The first-order valence-corrected chi connectivity index (χ1v) is 10.8. The van der Waals surface area contributed by atoms with E-state index in [2.05, 4.69) is 15.6 Å². The highest BCUT2D eigenvalue weighted by atomic mass is 16.2. The van der Waals surface area contributed by atoms with Crippen molar-refractivity contribution in [1.82, 2.24) is 20.2 Å². The first-order valence-electron chi connectivity index (χ1n) is 10.8. The van der Waals surface area contributed by atoms with Gasteiger partial charge in [-0.1, -0.05) is 62.2 Å². The van der Waals surface area contributed by atoms with Crippen molar-refractivity contribution in [3.05, 3.63) is 59.7 Å². The summed E-state index contributed by atoms with van der Waals surface area (Å²) in [5.41, 5.74) is 4.09. The van der Waals surface area contributed by atoms with Gasteiger partial charge in [0.2, 0.25) is 11.9 Å². The van der Waals surface area contributed by atoms with Crippen molar-refractivity contribution < 1.29 is 9.59 Å². The molecule has 162 valence electrons. The van der Waals surface area contributed by atoms with Crippen molar-refractivity contribution in [2.45, 2.75) is 46.3 Å². The van der Waals surface area contributed by atoms with Gasteiger partial charge in [0.1, 0.15) is 6.04 Å². The third-order valence-corrected chi connectivity index (χ3v) is 6.03. The molecular formula is C24H29N5O2. The number of hydrogen-bond donors (Lipinski definition) is 2. The van der Waals surface area contributed by atoms with Crippen LogP contribution in [0.2, 0.25) is 0 Å². The molecule has 3 amide bonds. The smallest absolute Gasteiger partial charge is 0.324 e. The molecule has 2 heterocycles. The van der Waals surface area contributed by atoms with Crippen molar-refractivity contribution in [2.24, 2.45) is 5.92 Å². The zero-order valence-electron chi connectivity index (χ0n) is 18.3. The number of nitrogens with zero attached hydrogens (tertiary/aromatic N) is 3. The number of aromatic nitrogens is 2. The summed E-state index contributed by atoms with van der Waals surface area (Å²) in [6.45, 7) is 7.70. The number of anilines is 1. The molecule has 2 aromatic carbocycles. The van der Waals surface area contributed by atoms with E-state index in [4.69, 9.17) is 0 Å². The van der Waals surface area contributed by atoms with Gasteiger partial charge in [-0.15, -0.1) is 0 Å². The topological polar surface area (TPSA) is 79.3 Å². The second-order valence-corrected chi connectivity index (χ2v) is 8.22. The Morgan fingerprint density at radius 2 is 1.84 bits per heavy atom. The van der Waals surface area contributed by atoms with Crippen molar-refractivity contribution in [3.63, 3.8) is 0 Å². The molecule has 7 nitrogen and oxygen atoms in total. The SMILES string of the molecule is CCC(C)[C@H](NC(=O)N1CCn2c1nc1ccccc12)C(=O)NCc1ccc(C)cc1. The summed E-state index contributed by atoms with van der Waals surface area (Å²) in [6.07, 6.45) is 0.779. The molecule has 0 radical (unpaired) electrons. The van der Waals surface area contributed by atoms with E-state index in [-0.39, 0.29) is 17.9 Å². The molecule has 0 bridgehead atoms. The number of benzene rings is 2. The summed E-state index contributed by atoms with van der Waals surface area (Å²) in [4.78, 5) is 32.3. The molecule has 7 heteroatoms. The monoisotopic (exact) mass is 419 g/mol. The summed E-state index contributed by atoms with van der Waals surface area (Å²) in [5.74, 6) is 0.459. The number of carbonyl (C=O) groups is 2. The molecule has 1 aromatic heterocycles. The molecule has 3 aromatic rings. The molecule has 31 heavy (non-hydrogen) atoms. The van der Waals surface area contributed by atoms with Crippen molar-refractivity contribution in [2.75, 3.05) is 11.4 Å². The largest absolute Gasteiger partial charge is 0.350 e. The molecule has 0 fully saturated rings. The first kappa shape index (κ1) is 20.9. The summed E-state index contributed by atoms with van der Waals surface area (Å²) < 4.78 is 2.05. The van der Waals surface area contributed by atoms with Crippen LogP contribution in [0.3, 0.4) is 0 Å². The highest BCUT2D eigenvalue weighted by molar-refractivity contribution is 5.96. The quantitative estimate of drug-likeness (QED) is 0.641. The van der Waals surface area contributed by atoms with Crippen molar-refractivity contribution in [3.8, 4) is 0 Å². The van der Waals surface area contributed by atoms with Gasteiger partial charge in [-0.3, -0.25) is 9.69 Å². The minimum atomic E-state index is -0.610. The highest BCUT2D eigenvalue weighted by Crippen LogP contribution is 2.27. The zero-order valence-corrected chi connectivity index (χ0v) is 18.3. The van der Waals surface area contributed by atoms with Crippen LogP contribution in [0.15, 0.2) is 48.5 Å². The number of aryl methyl sites for hydroxylation is 1. The third-order valence-electron chi connectivity index (χ3n) is 6.03. The van der Waals surface area contributed by atoms with Gasteiger partial charge < -0.3 is 15.2 Å². The minimum Gasteiger partial charge on any atom is -0.350 e. The maximum absolute atomic E-state index is 13.1. The standard InChI is InChI=1S/C24H29N5O2/c1-4-17(3)21(22(30)25-15-18-11-9-16(2)10-12-18)27-24(31)29-14-13-28-20-8-6-5-7-19(20)26-23(28)29/h5-12,17,21H,4,13-15H2,1-3H3,(H,25,30)(H,27,31)/t17?,21-/m0/s1. The molecule has 1 unspecified atom stereocenters. The van der Waals surface area contributed by atoms with Crippen molar-refractivity contribution in [1.29, 1.82) is 0 Å². The van der Waals surface area contributed by atoms with Gasteiger partial charge in [0.15, 0.2) is 0 Å². The third kappa shape index (κ3) is 4.26. The van der Waals surface area contributed by atoms with Crippen LogP contribution >= 0.6 is 0 Å². The van der Waals surface area contributed by atoms with E-state index in [0.29, 0.717) is 25.6 Å². The van der Waals surface area contributed by atoms with Gasteiger partial charge >= 0.3 is 6.03 Å². The van der Waals surface area contributed by atoms with E-state index in [9.17, 15) is 9.59 Å². The van der Waals surface area contributed by atoms with Crippen LogP contribution in [0.4, 0.5) is 10.7 Å². The van der Waals surface area contributed by atoms with E-state index < -0.39 is 6.04 Å². The lowest BCUT2D eigenvalue weighted by molar-refractivity contribution is -0.124. The van der Waals surface area contributed by atoms with Gasteiger partial charge in [0.25, 0.3) is 0 Å². The van der Waals surface area contributed by atoms with Crippen LogP contribution in [0.1, 0.15) is 31.4 Å². The molecule has 1 aliphatic rings. The Morgan fingerprint density at radius 1 is 1.10 bits per heavy atom. The summed E-state index contributed by atoms with van der Waals surface area (Å²) in [5, 5.41) is 5.94. The molecule has 4 rings (SSSR count). The summed E-state index contributed by atoms with van der Waals surface area (Å²) in [7, 11) is 0. The zero-order chi connectivity index (χ0) is 22.0. The molecule has 0 saturated heterocycles. The van der Waals surface area contributed by atoms with E-state index in [1.807, 2.05) is 73.9 Å². The van der Waals surface area contributed by atoms with E-state index in [1.165, 1.54) is 5.56 Å². The van der Waals surface area contributed by atoms with Crippen LogP contribution in [0, 0.1) is 12.8 Å². The number of amides is 3. The second-order valence-electron chi connectivity index (χ2n) is 8.22. The molecule has 2 atom stereocenters. The summed E-state index contributed by atoms with van der Waals surface area (Å²) in [6, 6.07) is 15.0. The maximum atomic E-state index is 13.1. The summed E-state index contributed by atoms with van der Waals surface area (Å²) >= 11 is 0. The number of para-hydroxylation sites is 2. The Balaban J connectivity index is 1.46. The van der Waals surface area contributed by atoms with Gasteiger partial charge in [-0.25, -0.2) is 9.78 Å². The predicted octanol–water partition coefficient (Wildman–Crippen LogP) is 3.61. The lowest BCUT2D eigenvalue weighted by Gasteiger charge is -2.26. The Kier molecular flexibility index (Phi) is 5.93. The molecule has 0 saturated carbocycles. The number of fused-ring (bicyclic) bond motifs is 3. The minimum absolute atomic E-state index is 0.00314. The Morgan fingerprint density at radius 3 is 2.58 bits per heavy atom. The first-order chi connectivity index (χ1) is 15.0. The van der Waals surface area contributed by atoms with E-state index >= 15 is 0 Å². The van der Waals surface area contributed by atoms with Crippen LogP contribution in [-0.4, -0.2) is 34.1 Å². The van der Waals surface area contributed by atoms with Crippen LogP contribution in [0.5, 0.6) is 0 Å². The molecular weight excluding hydrogens is 390 g/mol. The maximum Gasteiger partial charge on any atom is 0.324 e. The molecule has 2 N–H and O–H groups in total. The number of hydrogen-bond acceptors (Lipinski definition) is 3. The van der Waals surface area contributed by atoms with Crippen molar-refractivity contribution >= 4 is 28.9 Å². The van der Waals surface area contributed by atoms with Crippen LogP contribution < -0.4 is 15.5 Å². The van der Waals surface area contributed by atoms with Gasteiger partial charge in [-0.2, -0.15) is 0 Å². The molecule has 1 aliphatic heterocycles. The Hall–Kier alpha value is -3.35. The van der Waals surface area contributed by atoms with Gasteiger partial charge in [-0.05, 0) is 30.5 Å². The number of carbonyl (C=O) groups excluding carboxylic acids is 2. The highest BCUT2D eigenvalue weighted by Gasteiger charge is 2.32. The fourth-order valence-electron chi connectivity index (χ4n) is 3.90. The number of imidazole rings is 1. The second kappa shape index (κ2) is 8.79. The average Bonchev–Trinajstić information content (AvgIpc) is 3.35. The average molecular weight is 420 g/mol. The Bertz CT molecular complexity index is 1090. The van der Waals surface area contributed by atoms with E-state index in [1.54, 1.807) is 4.90 Å². The fourth-order valence-corrected chi connectivity index (χ4v) is 3.90. The predicted molar refractivity (Wildman–Crippen MR) is 122 cm³/mol. The number of nitrogens with one attached hydrogen (secondary N) is 2. The fraction of sp³-hybridized carbons (Fsp3) is 0.375. The van der Waals surface area contributed by atoms with Gasteiger partial charge in [0.05, 0.1) is 11.0 Å². The number of rotatable bonds is 6. The van der Waals surface area contributed by atoms with Crippen LogP contribution in [-0.2, 0) is 17.9 Å².